The topological polar surface area (TPSA) is 49.3 Å². The molecule has 1 aromatic heterocycles. The summed E-state index contributed by atoms with van der Waals surface area (Å²) in [5.41, 5.74) is 1.38. The molecule has 0 aliphatic carbocycles. The number of hydrogen-bond donors (Lipinski definition) is 2. The largest absolute Gasteiger partial charge is 0.357 e. The molecule has 6 heteroatoms. The lowest BCUT2D eigenvalue weighted by molar-refractivity contribution is 0.593. The zero-order chi connectivity index (χ0) is 17.2. The van der Waals surface area contributed by atoms with Crippen molar-refractivity contribution in [2.24, 2.45) is 4.99 Å². The van der Waals surface area contributed by atoms with Crippen LogP contribution in [0.25, 0.3) is 0 Å². The van der Waals surface area contributed by atoms with Gasteiger partial charge in [0.15, 0.2) is 5.96 Å². The van der Waals surface area contributed by atoms with Gasteiger partial charge in [-0.2, -0.15) is 0 Å². The van der Waals surface area contributed by atoms with Crippen LogP contribution < -0.4 is 10.6 Å². The highest BCUT2D eigenvalue weighted by Gasteiger charge is 2.06. The fraction of sp³-hybridized carbons (Fsp3) is 0.474. The van der Waals surface area contributed by atoms with Crippen LogP contribution in [0, 0.1) is 6.92 Å². The molecule has 1 unspecified atom stereocenters. The highest BCUT2D eigenvalue weighted by Crippen LogP contribution is 2.11. The second kappa shape index (κ2) is 12.2. The van der Waals surface area contributed by atoms with E-state index >= 15 is 0 Å². The number of thiazole rings is 1. The molecule has 2 rings (SSSR count). The van der Waals surface area contributed by atoms with E-state index < -0.39 is 0 Å². The van der Waals surface area contributed by atoms with Gasteiger partial charge < -0.3 is 10.6 Å². The Kier molecular flexibility index (Phi) is 10.7. The number of benzene rings is 1. The molecule has 138 valence electrons. The molecular formula is C19H29IN4S. The number of rotatable bonds is 8. The van der Waals surface area contributed by atoms with Gasteiger partial charge in [0, 0.05) is 36.6 Å². The number of hydrogen-bond acceptors (Lipinski definition) is 3. The summed E-state index contributed by atoms with van der Waals surface area (Å²) < 4.78 is 0. The quantitative estimate of drug-likeness (QED) is 0.344. The van der Waals surface area contributed by atoms with Crippen LogP contribution in [0.3, 0.4) is 0 Å². The summed E-state index contributed by atoms with van der Waals surface area (Å²) >= 11 is 1.75. The lowest BCUT2D eigenvalue weighted by Gasteiger charge is -2.17. The molecular weight excluding hydrogens is 443 g/mol. The molecule has 0 saturated carbocycles. The summed E-state index contributed by atoms with van der Waals surface area (Å²) in [6, 6.07) is 11.0. The second-order valence-electron chi connectivity index (χ2n) is 5.94. The summed E-state index contributed by atoms with van der Waals surface area (Å²) in [5.74, 6) is 0.895. The normalized spacial score (nSPS) is 12.4. The number of aromatic nitrogens is 1. The molecule has 0 amide bonds. The predicted octanol–water partition coefficient (Wildman–Crippen LogP) is 4.19. The Bertz CT molecular complexity index is 627. The van der Waals surface area contributed by atoms with Crippen LogP contribution in [0.1, 0.15) is 35.7 Å². The molecule has 2 N–H and O–H groups in total. The van der Waals surface area contributed by atoms with Crippen LogP contribution in [0.15, 0.2) is 41.5 Å². The molecule has 1 heterocycles. The summed E-state index contributed by atoms with van der Waals surface area (Å²) in [5, 5.41) is 7.98. The number of nitrogens with zero attached hydrogens (tertiary/aromatic N) is 2. The van der Waals surface area contributed by atoms with E-state index in [-0.39, 0.29) is 24.0 Å². The van der Waals surface area contributed by atoms with Crippen molar-refractivity contribution in [3.8, 4) is 0 Å². The molecule has 0 fully saturated rings. The third-order valence-corrected chi connectivity index (χ3v) is 4.67. The Labute approximate surface area is 172 Å². The van der Waals surface area contributed by atoms with Gasteiger partial charge in [-0.05, 0) is 39.2 Å². The molecule has 1 atom stereocenters. The van der Waals surface area contributed by atoms with Crippen LogP contribution in [0.5, 0.6) is 0 Å². The van der Waals surface area contributed by atoms with Crippen molar-refractivity contribution in [1.29, 1.82) is 0 Å². The average molecular weight is 472 g/mol. The molecule has 0 bridgehead atoms. The number of guanidine groups is 1. The van der Waals surface area contributed by atoms with Crippen LogP contribution in [0.2, 0.25) is 0 Å². The molecule has 2 aromatic rings. The molecule has 0 spiro atoms. The van der Waals surface area contributed by atoms with Crippen molar-refractivity contribution >= 4 is 41.3 Å². The van der Waals surface area contributed by atoms with Crippen molar-refractivity contribution in [3.05, 3.63) is 52.0 Å². The lowest BCUT2D eigenvalue weighted by atomic mass is 10.1. The fourth-order valence-corrected chi connectivity index (χ4v) is 3.21. The third-order valence-electron chi connectivity index (χ3n) is 3.70. The maximum absolute atomic E-state index is 4.67. The van der Waals surface area contributed by atoms with E-state index in [9.17, 15) is 0 Å². The Balaban J connectivity index is 0.00000312. The van der Waals surface area contributed by atoms with E-state index in [0.29, 0.717) is 6.04 Å². The average Bonchev–Trinajstić information content (AvgIpc) is 2.99. The number of aryl methyl sites for hydroxylation is 2. The third kappa shape index (κ3) is 8.67. The Hall–Kier alpha value is -1.15. The zero-order valence-electron chi connectivity index (χ0n) is 15.3. The Morgan fingerprint density at radius 3 is 2.64 bits per heavy atom. The van der Waals surface area contributed by atoms with E-state index in [1.54, 1.807) is 11.3 Å². The monoisotopic (exact) mass is 472 g/mol. The zero-order valence-corrected chi connectivity index (χ0v) is 18.4. The highest BCUT2D eigenvalue weighted by atomic mass is 127. The van der Waals surface area contributed by atoms with Crippen LogP contribution in [-0.4, -0.2) is 30.1 Å². The van der Waals surface area contributed by atoms with Gasteiger partial charge in [-0.25, -0.2) is 4.98 Å². The van der Waals surface area contributed by atoms with E-state index in [0.717, 1.165) is 43.3 Å². The smallest absolute Gasteiger partial charge is 0.191 e. The second-order valence-corrected chi connectivity index (χ2v) is 7.26. The number of aliphatic imine (C=N–C) groups is 1. The van der Waals surface area contributed by atoms with E-state index in [2.05, 4.69) is 71.7 Å². The van der Waals surface area contributed by atoms with Crippen molar-refractivity contribution in [2.75, 3.05) is 13.1 Å². The molecule has 0 saturated heterocycles. The lowest BCUT2D eigenvalue weighted by Crippen LogP contribution is -2.42. The van der Waals surface area contributed by atoms with Gasteiger partial charge in [0.25, 0.3) is 0 Å². The van der Waals surface area contributed by atoms with Crippen LogP contribution >= 0.6 is 35.3 Å². The van der Waals surface area contributed by atoms with Crippen LogP contribution in [-0.2, 0) is 12.8 Å². The summed E-state index contributed by atoms with van der Waals surface area (Å²) in [7, 11) is 0. The Morgan fingerprint density at radius 1 is 1.24 bits per heavy atom. The first-order chi connectivity index (χ1) is 11.7. The minimum Gasteiger partial charge on any atom is -0.357 e. The Morgan fingerprint density at radius 2 is 2.00 bits per heavy atom. The van der Waals surface area contributed by atoms with E-state index in [4.69, 9.17) is 0 Å². The van der Waals surface area contributed by atoms with Crippen molar-refractivity contribution in [2.45, 2.75) is 46.1 Å². The first-order valence-corrected chi connectivity index (χ1v) is 9.49. The summed E-state index contributed by atoms with van der Waals surface area (Å²) in [6.07, 6.45) is 4.99. The van der Waals surface area contributed by atoms with Crippen LogP contribution in [0.4, 0.5) is 0 Å². The van der Waals surface area contributed by atoms with Gasteiger partial charge in [-0.15, -0.1) is 35.3 Å². The molecule has 4 nitrogen and oxygen atoms in total. The molecule has 0 aliphatic rings. The van der Waals surface area contributed by atoms with Gasteiger partial charge in [-0.1, -0.05) is 30.3 Å². The van der Waals surface area contributed by atoms with Crippen molar-refractivity contribution in [3.63, 3.8) is 0 Å². The minimum absolute atomic E-state index is 0. The summed E-state index contributed by atoms with van der Waals surface area (Å²) in [6.45, 7) is 8.02. The molecule has 1 aromatic carbocycles. The highest BCUT2D eigenvalue weighted by molar-refractivity contribution is 14.0. The number of nitrogens with one attached hydrogen (secondary N) is 2. The first kappa shape index (κ1) is 21.9. The molecule has 0 radical (unpaired) electrons. The van der Waals surface area contributed by atoms with Crippen molar-refractivity contribution in [1.82, 2.24) is 15.6 Å². The van der Waals surface area contributed by atoms with Gasteiger partial charge in [0.2, 0.25) is 0 Å². The van der Waals surface area contributed by atoms with Gasteiger partial charge in [-0.3, -0.25) is 4.99 Å². The number of halogens is 1. The maximum atomic E-state index is 4.67. The standard InChI is InChI=1S/C19H28N4S.HI/c1-4-20-19(21-13-12-18-22-14-16(3)24-18)23-15(2)10-11-17-8-6-5-7-9-17;/h5-9,14-15H,4,10-13H2,1-3H3,(H2,20,21,23);1H. The molecule has 0 aliphatic heterocycles. The first-order valence-electron chi connectivity index (χ1n) is 8.67. The SMILES string of the molecule is CCNC(=NCCc1ncc(C)s1)NC(C)CCc1ccccc1.I. The fourth-order valence-electron chi connectivity index (χ4n) is 2.43. The van der Waals surface area contributed by atoms with Gasteiger partial charge >= 0.3 is 0 Å². The maximum Gasteiger partial charge on any atom is 0.191 e. The minimum atomic E-state index is 0. The summed E-state index contributed by atoms with van der Waals surface area (Å²) in [4.78, 5) is 10.3. The predicted molar refractivity (Wildman–Crippen MR) is 119 cm³/mol. The van der Waals surface area contributed by atoms with Gasteiger partial charge in [0.05, 0.1) is 5.01 Å². The van der Waals surface area contributed by atoms with Gasteiger partial charge in [0.1, 0.15) is 0 Å². The van der Waals surface area contributed by atoms with E-state index in [1.165, 1.54) is 10.4 Å². The van der Waals surface area contributed by atoms with E-state index in [1.807, 2.05) is 6.20 Å². The molecule has 25 heavy (non-hydrogen) atoms. The van der Waals surface area contributed by atoms with Crippen molar-refractivity contribution < 1.29 is 0 Å².